The highest BCUT2D eigenvalue weighted by molar-refractivity contribution is 6.54. The minimum atomic E-state index is -1.33. The molecule has 7 heteroatoms. The fraction of sp³-hybridized carbons (Fsp3) is 0.273. The molecule has 0 heterocycles. The topological polar surface area (TPSA) is 68.5 Å². The fourth-order valence-electron chi connectivity index (χ4n) is 2.87. The lowest BCUT2D eigenvalue weighted by Crippen LogP contribution is -2.31. The number of hydrogen-bond acceptors (Lipinski definition) is 5. The second-order valence-electron chi connectivity index (χ2n) is 6.32. The monoisotopic (exact) mass is 429 g/mol. The number of para-hydroxylation sites is 1. The van der Waals surface area contributed by atoms with Crippen LogP contribution in [0.15, 0.2) is 54.6 Å². The zero-order chi connectivity index (χ0) is 20.9. The van der Waals surface area contributed by atoms with E-state index in [1.165, 1.54) is 0 Å². The summed E-state index contributed by atoms with van der Waals surface area (Å²) in [5.41, 5.74) is -0.682. The van der Waals surface area contributed by atoms with Crippen molar-refractivity contribution in [2.75, 3.05) is 6.61 Å². The number of nitriles is 1. The number of nitrogens with zero attached hydrogens (tertiary/aromatic N) is 1. The van der Waals surface area contributed by atoms with Gasteiger partial charge in [0.15, 0.2) is 0 Å². The van der Waals surface area contributed by atoms with E-state index in [1.807, 2.05) is 19.1 Å². The van der Waals surface area contributed by atoms with E-state index in [4.69, 9.17) is 37.4 Å². The molecule has 2 aromatic rings. The van der Waals surface area contributed by atoms with Gasteiger partial charge in [-0.15, -0.1) is 0 Å². The predicted octanol–water partition coefficient (Wildman–Crippen LogP) is 4.38. The van der Waals surface area contributed by atoms with Crippen LogP contribution in [0.4, 0.5) is 0 Å². The molecule has 0 aliphatic heterocycles. The van der Waals surface area contributed by atoms with E-state index in [2.05, 4.69) is 12.0 Å². The van der Waals surface area contributed by atoms with Crippen LogP contribution < -0.4 is 9.47 Å². The van der Waals surface area contributed by atoms with E-state index in [-0.39, 0.29) is 6.42 Å². The Morgan fingerprint density at radius 2 is 1.79 bits per heavy atom. The molecule has 1 fully saturated rings. The Kier molecular flexibility index (Phi) is 6.23. The highest BCUT2D eigenvalue weighted by Gasteiger charge is 2.73. The molecule has 2 atom stereocenters. The predicted molar refractivity (Wildman–Crippen MR) is 109 cm³/mol. The van der Waals surface area contributed by atoms with Gasteiger partial charge in [0.25, 0.3) is 6.10 Å². The molecule has 0 N–H and O–H groups in total. The number of rotatable bonds is 6. The average molecular weight is 430 g/mol. The lowest BCUT2D eigenvalue weighted by molar-refractivity contribution is -0.147. The van der Waals surface area contributed by atoms with Crippen LogP contribution in [0.2, 0.25) is 0 Å². The molecule has 1 aliphatic rings. The molecule has 3 rings (SSSR count). The van der Waals surface area contributed by atoms with Gasteiger partial charge in [0.1, 0.15) is 33.4 Å². The van der Waals surface area contributed by atoms with E-state index in [9.17, 15) is 10.1 Å². The van der Waals surface area contributed by atoms with Gasteiger partial charge in [0.2, 0.25) is 0 Å². The Labute approximate surface area is 179 Å². The summed E-state index contributed by atoms with van der Waals surface area (Å²) in [6, 6.07) is 17.5. The van der Waals surface area contributed by atoms with Gasteiger partial charge in [-0.1, -0.05) is 53.5 Å². The molecule has 0 spiro atoms. The third-order valence-corrected chi connectivity index (χ3v) is 5.35. The first-order valence-corrected chi connectivity index (χ1v) is 9.63. The van der Waals surface area contributed by atoms with Crippen LogP contribution in [-0.4, -0.2) is 23.0 Å². The quantitative estimate of drug-likeness (QED) is 0.387. The summed E-state index contributed by atoms with van der Waals surface area (Å²) in [7, 11) is 0. The Morgan fingerprint density at radius 3 is 2.34 bits per heavy atom. The maximum absolute atomic E-state index is 12.9. The van der Waals surface area contributed by atoms with Gasteiger partial charge in [-0.3, -0.25) is 4.79 Å². The first kappa shape index (κ1) is 20.9. The molecule has 0 aromatic heterocycles. The summed E-state index contributed by atoms with van der Waals surface area (Å²) >= 11 is 12.6. The van der Waals surface area contributed by atoms with Gasteiger partial charge in [0, 0.05) is 12.3 Å². The van der Waals surface area contributed by atoms with Crippen molar-refractivity contribution in [1.82, 2.24) is 0 Å². The minimum Gasteiger partial charge on any atom is -0.494 e. The van der Waals surface area contributed by atoms with Crippen LogP contribution in [0, 0.1) is 23.4 Å². The van der Waals surface area contributed by atoms with Gasteiger partial charge in [0.05, 0.1) is 6.61 Å². The van der Waals surface area contributed by atoms with Crippen molar-refractivity contribution in [2.24, 2.45) is 0 Å². The molecule has 5 nitrogen and oxygen atoms in total. The van der Waals surface area contributed by atoms with Crippen molar-refractivity contribution in [3.8, 4) is 29.6 Å². The number of benzene rings is 2. The van der Waals surface area contributed by atoms with Gasteiger partial charge < -0.3 is 14.2 Å². The summed E-state index contributed by atoms with van der Waals surface area (Å²) in [6.45, 7) is 2.40. The second kappa shape index (κ2) is 8.66. The highest BCUT2D eigenvalue weighted by atomic mass is 35.5. The molecule has 1 aliphatic carbocycles. The van der Waals surface area contributed by atoms with E-state index in [1.54, 1.807) is 48.5 Å². The first-order chi connectivity index (χ1) is 13.9. The van der Waals surface area contributed by atoms with Gasteiger partial charge >= 0.3 is 5.97 Å². The molecule has 148 valence electrons. The molecular formula is C22H17Cl2NO4. The maximum Gasteiger partial charge on any atom is 0.321 e. The van der Waals surface area contributed by atoms with Gasteiger partial charge in [-0.05, 0) is 36.8 Å². The number of carbonyl (C=O) groups excluding carboxylic acids is 1. The molecule has 0 saturated heterocycles. The Hall–Kier alpha value is -2.86. The largest absolute Gasteiger partial charge is 0.494 e. The standard InChI is InChI=1S/C22H17Cl2NO4/c1-2-27-18-10-8-16(9-11-18)21(15-22(21,23)24)20(26)29-19(14-25)12-13-28-17-6-4-3-5-7-17/h3-11,19H,2,15H2,1H3. The zero-order valence-electron chi connectivity index (χ0n) is 15.5. The summed E-state index contributed by atoms with van der Waals surface area (Å²) in [5.74, 6) is 2.93. The smallest absolute Gasteiger partial charge is 0.321 e. The lowest BCUT2D eigenvalue weighted by Gasteiger charge is -2.18. The highest BCUT2D eigenvalue weighted by Crippen LogP contribution is 2.65. The van der Waals surface area contributed by atoms with Crippen molar-refractivity contribution in [1.29, 1.82) is 5.26 Å². The minimum absolute atomic E-state index is 0.169. The van der Waals surface area contributed by atoms with Gasteiger partial charge in [-0.2, -0.15) is 5.26 Å². The van der Waals surface area contributed by atoms with Crippen molar-refractivity contribution in [2.45, 2.75) is 29.2 Å². The van der Waals surface area contributed by atoms with Crippen LogP contribution in [0.5, 0.6) is 11.5 Å². The van der Waals surface area contributed by atoms with Gasteiger partial charge in [-0.25, -0.2) is 0 Å². The second-order valence-corrected chi connectivity index (χ2v) is 7.80. The maximum atomic E-state index is 12.9. The van der Waals surface area contributed by atoms with Crippen LogP contribution in [0.3, 0.4) is 0 Å². The van der Waals surface area contributed by atoms with Crippen LogP contribution in [0.1, 0.15) is 18.9 Å². The summed E-state index contributed by atoms with van der Waals surface area (Å²) in [5, 5.41) is 9.29. The van der Waals surface area contributed by atoms with E-state index in [0.29, 0.717) is 23.7 Å². The normalized spacial score (nSPS) is 19.7. The third-order valence-electron chi connectivity index (χ3n) is 4.44. The fourth-order valence-corrected chi connectivity index (χ4v) is 3.64. The van der Waals surface area contributed by atoms with Crippen molar-refractivity contribution >= 4 is 29.2 Å². The first-order valence-electron chi connectivity index (χ1n) is 8.87. The SMILES string of the molecule is CCOc1ccc(C2(C(=O)OC(C#N)C#COc3ccccc3)CC2(Cl)Cl)cc1. The molecule has 0 bridgehead atoms. The third kappa shape index (κ3) is 4.43. The molecular weight excluding hydrogens is 413 g/mol. The molecule has 2 aromatic carbocycles. The Bertz CT molecular complexity index is 974. The van der Waals surface area contributed by atoms with E-state index in [0.717, 1.165) is 0 Å². The van der Waals surface area contributed by atoms with Crippen molar-refractivity contribution in [3.63, 3.8) is 0 Å². The molecule has 1 saturated carbocycles. The molecule has 0 radical (unpaired) electrons. The number of alkyl halides is 2. The lowest BCUT2D eigenvalue weighted by atomic mass is 9.96. The summed E-state index contributed by atoms with van der Waals surface area (Å²) < 4.78 is 14.6. The van der Waals surface area contributed by atoms with E-state index >= 15 is 0 Å². The zero-order valence-corrected chi connectivity index (χ0v) is 17.0. The number of halogens is 2. The van der Waals surface area contributed by atoms with Crippen molar-refractivity contribution < 1.29 is 19.0 Å². The molecule has 2 unspecified atom stereocenters. The van der Waals surface area contributed by atoms with Crippen LogP contribution in [0.25, 0.3) is 0 Å². The molecule has 29 heavy (non-hydrogen) atoms. The number of ether oxygens (including phenoxy) is 3. The number of hydrogen-bond donors (Lipinski definition) is 0. The van der Waals surface area contributed by atoms with Crippen LogP contribution in [-0.2, 0) is 14.9 Å². The Balaban J connectivity index is 1.73. The van der Waals surface area contributed by atoms with E-state index < -0.39 is 21.8 Å². The average Bonchev–Trinajstić information content (AvgIpc) is 3.32. The number of esters is 1. The summed E-state index contributed by atoms with van der Waals surface area (Å²) in [4.78, 5) is 12.9. The Morgan fingerprint density at radius 1 is 1.14 bits per heavy atom. The van der Waals surface area contributed by atoms with Crippen molar-refractivity contribution in [3.05, 3.63) is 60.2 Å². The molecule has 0 amide bonds. The summed E-state index contributed by atoms with van der Waals surface area (Å²) in [6.07, 6.45) is 1.22. The van der Waals surface area contributed by atoms with Crippen LogP contribution >= 0.6 is 23.2 Å². The number of carbonyl (C=O) groups is 1.